The molecule has 1 amide bonds. The molecule has 2 aromatic carbocycles. The van der Waals surface area contributed by atoms with Gasteiger partial charge in [0.25, 0.3) is 0 Å². The van der Waals surface area contributed by atoms with Gasteiger partial charge < -0.3 is 24.3 Å². The molecule has 0 bridgehead atoms. The van der Waals surface area contributed by atoms with Gasteiger partial charge in [-0.05, 0) is 36.2 Å². The van der Waals surface area contributed by atoms with Crippen LogP contribution >= 0.6 is 0 Å². The summed E-state index contributed by atoms with van der Waals surface area (Å²) < 4.78 is 21.1. The van der Waals surface area contributed by atoms with Gasteiger partial charge in [0.2, 0.25) is 5.91 Å². The molecule has 0 fully saturated rings. The summed E-state index contributed by atoms with van der Waals surface area (Å²) in [5.41, 5.74) is 1.41. The Labute approximate surface area is 173 Å². The fraction of sp³-hybridized carbons (Fsp3) is 0.300. The topological polar surface area (TPSA) is 120 Å². The molecule has 3 aromatic rings. The van der Waals surface area contributed by atoms with E-state index in [2.05, 4.69) is 25.9 Å². The van der Waals surface area contributed by atoms with Crippen LogP contribution in [0.3, 0.4) is 0 Å². The predicted molar refractivity (Wildman–Crippen MR) is 108 cm³/mol. The van der Waals surface area contributed by atoms with Crippen LogP contribution in [0, 0.1) is 0 Å². The summed E-state index contributed by atoms with van der Waals surface area (Å²) in [6.07, 6.45) is 0.332. The number of nitrogens with one attached hydrogen (secondary N) is 2. The number of hydrogen-bond acceptors (Lipinski definition) is 8. The highest BCUT2D eigenvalue weighted by Crippen LogP contribution is 2.32. The highest BCUT2D eigenvalue weighted by atomic mass is 16.5. The molecule has 0 aliphatic heterocycles. The van der Waals surface area contributed by atoms with Crippen molar-refractivity contribution in [2.45, 2.75) is 12.3 Å². The summed E-state index contributed by atoms with van der Waals surface area (Å²) in [7, 11) is 6.20. The molecule has 10 heteroatoms. The van der Waals surface area contributed by atoms with Crippen molar-refractivity contribution in [1.29, 1.82) is 0 Å². The van der Waals surface area contributed by atoms with E-state index in [1.807, 2.05) is 12.1 Å². The highest BCUT2D eigenvalue weighted by molar-refractivity contribution is 5.95. The lowest BCUT2D eigenvalue weighted by molar-refractivity contribution is -0.117. The van der Waals surface area contributed by atoms with Crippen LogP contribution in [0.15, 0.2) is 36.4 Å². The molecule has 1 aromatic heterocycles. The number of methoxy groups -OCH3 is 4. The fourth-order valence-corrected chi connectivity index (χ4v) is 3.01. The number of carbonyl (C=O) groups excluding carboxylic acids is 1. The third-order valence-corrected chi connectivity index (χ3v) is 4.53. The van der Waals surface area contributed by atoms with Crippen LogP contribution in [0.5, 0.6) is 23.0 Å². The van der Waals surface area contributed by atoms with Crippen LogP contribution in [-0.4, -0.2) is 55.0 Å². The standard InChI is InChI=1S/C20H23N5O5/c1-27-15-7-5-12(10-17(15)29-3)9-14(19-22-24-25-23-19)20(26)21-13-6-8-16(28-2)18(11-13)30-4/h5-8,10-11,14H,9H2,1-4H3,(H,21,26)(H,22,23,24,25). The molecule has 0 spiro atoms. The predicted octanol–water partition coefficient (Wildman–Crippen LogP) is 2.20. The van der Waals surface area contributed by atoms with Gasteiger partial charge in [-0.25, -0.2) is 0 Å². The van der Waals surface area contributed by atoms with Gasteiger partial charge in [-0.15, -0.1) is 10.2 Å². The average Bonchev–Trinajstić information content (AvgIpc) is 3.31. The van der Waals surface area contributed by atoms with Crippen LogP contribution in [0.1, 0.15) is 17.3 Å². The molecule has 1 atom stereocenters. The van der Waals surface area contributed by atoms with Crippen LogP contribution in [0.4, 0.5) is 5.69 Å². The Hall–Kier alpha value is -3.82. The first-order valence-corrected chi connectivity index (χ1v) is 9.06. The van der Waals surface area contributed by atoms with E-state index in [9.17, 15) is 4.79 Å². The summed E-state index contributed by atoms with van der Waals surface area (Å²) in [5, 5.41) is 16.9. The number of aromatic amines is 1. The zero-order valence-corrected chi connectivity index (χ0v) is 17.1. The number of hydrogen-bond donors (Lipinski definition) is 2. The molecule has 0 radical (unpaired) electrons. The zero-order chi connectivity index (χ0) is 21.5. The molecular weight excluding hydrogens is 390 g/mol. The van der Waals surface area contributed by atoms with Gasteiger partial charge in [0.15, 0.2) is 28.8 Å². The maximum absolute atomic E-state index is 13.1. The number of amides is 1. The molecule has 0 aliphatic carbocycles. The van der Waals surface area contributed by atoms with Crippen LogP contribution < -0.4 is 24.3 Å². The fourth-order valence-electron chi connectivity index (χ4n) is 3.01. The Bertz CT molecular complexity index is 993. The lowest BCUT2D eigenvalue weighted by atomic mass is 9.97. The summed E-state index contributed by atoms with van der Waals surface area (Å²) in [4.78, 5) is 13.1. The van der Waals surface area contributed by atoms with Crippen molar-refractivity contribution in [3.05, 3.63) is 47.8 Å². The largest absolute Gasteiger partial charge is 0.493 e. The monoisotopic (exact) mass is 413 g/mol. The molecule has 1 unspecified atom stereocenters. The number of nitrogens with zero attached hydrogens (tertiary/aromatic N) is 3. The van der Waals surface area contributed by atoms with E-state index in [0.717, 1.165) is 5.56 Å². The first kappa shape index (κ1) is 20.9. The van der Waals surface area contributed by atoms with Gasteiger partial charge in [-0.2, -0.15) is 5.21 Å². The molecule has 0 aliphatic rings. The molecule has 1 heterocycles. The molecule has 158 valence electrons. The van der Waals surface area contributed by atoms with Crippen LogP contribution in [0.2, 0.25) is 0 Å². The van der Waals surface area contributed by atoms with Crippen molar-refractivity contribution in [2.75, 3.05) is 33.8 Å². The van der Waals surface area contributed by atoms with Gasteiger partial charge in [0, 0.05) is 11.8 Å². The van der Waals surface area contributed by atoms with E-state index >= 15 is 0 Å². The van der Waals surface area contributed by atoms with Crippen LogP contribution in [0.25, 0.3) is 0 Å². The number of tetrazole rings is 1. The Morgan fingerprint density at radius 1 is 0.933 bits per heavy atom. The maximum atomic E-state index is 13.1. The molecule has 2 N–H and O–H groups in total. The minimum absolute atomic E-state index is 0.280. The lowest BCUT2D eigenvalue weighted by Gasteiger charge is -2.16. The second-order valence-electron chi connectivity index (χ2n) is 6.28. The summed E-state index contributed by atoms with van der Waals surface area (Å²) in [5.74, 6) is 1.55. The van der Waals surface area contributed by atoms with Gasteiger partial charge >= 0.3 is 0 Å². The Balaban J connectivity index is 1.85. The molecule has 3 rings (SSSR count). The first-order valence-electron chi connectivity index (χ1n) is 9.06. The van der Waals surface area contributed by atoms with E-state index in [-0.39, 0.29) is 11.7 Å². The number of benzene rings is 2. The maximum Gasteiger partial charge on any atom is 0.235 e. The quantitative estimate of drug-likeness (QED) is 0.548. The van der Waals surface area contributed by atoms with Gasteiger partial charge in [-0.3, -0.25) is 4.79 Å². The summed E-state index contributed by atoms with van der Waals surface area (Å²) in [6, 6.07) is 10.6. The van der Waals surface area contributed by atoms with E-state index < -0.39 is 5.92 Å². The minimum Gasteiger partial charge on any atom is -0.493 e. The number of aromatic nitrogens is 4. The van der Waals surface area contributed by atoms with E-state index in [4.69, 9.17) is 18.9 Å². The SMILES string of the molecule is COc1ccc(CC(C(=O)Nc2ccc(OC)c(OC)c2)c2nn[nH]n2)cc1OC. The smallest absolute Gasteiger partial charge is 0.235 e. The first-order chi connectivity index (χ1) is 14.6. The normalized spacial score (nSPS) is 11.5. The van der Waals surface area contributed by atoms with Crippen molar-refractivity contribution in [3.63, 3.8) is 0 Å². The number of carbonyl (C=O) groups is 1. The van der Waals surface area contributed by atoms with E-state index in [1.54, 1.807) is 45.6 Å². The van der Waals surface area contributed by atoms with Crippen molar-refractivity contribution in [1.82, 2.24) is 20.6 Å². The molecule has 30 heavy (non-hydrogen) atoms. The summed E-state index contributed by atoms with van der Waals surface area (Å²) in [6.45, 7) is 0. The van der Waals surface area contributed by atoms with Crippen molar-refractivity contribution in [2.24, 2.45) is 0 Å². The Kier molecular flexibility index (Phi) is 6.68. The minimum atomic E-state index is -0.685. The lowest BCUT2D eigenvalue weighted by Crippen LogP contribution is -2.24. The third kappa shape index (κ3) is 4.59. The van der Waals surface area contributed by atoms with Crippen molar-refractivity contribution >= 4 is 11.6 Å². The molecular formula is C20H23N5O5. The second kappa shape index (κ2) is 9.59. The number of anilines is 1. The van der Waals surface area contributed by atoms with E-state index in [0.29, 0.717) is 35.1 Å². The number of ether oxygens (including phenoxy) is 4. The Morgan fingerprint density at radius 2 is 1.57 bits per heavy atom. The van der Waals surface area contributed by atoms with Crippen molar-refractivity contribution < 1.29 is 23.7 Å². The van der Waals surface area contributed by atoms with Crippen LogP contribution in [-0.2, 0) is 11.2 Å². The molecule has 0 saturated heterocycles. The third-order valence-electron chi connectivity index (χ3n) is 4.53. The number of H-pyrrole nitrogens is 1. The highest BCUT2D eigenvalue weighted by Gasteiger charge is 2.26. The Morgan fingerprint density at radius 3 is 2.17 bits per heavy atom. The second-order valence-corrected chi connectivity index (χ2v) is 6.28. The molecule has 10 nitrogen and oxygen atoms in total. The van der Waals surface area contributed by atoms with Gasteiger partial charge in [0.1, 0.15) is 5.92 Å². The zero-order valence-electron chi connectivity index (χ0n) is 17.1. The van der Waals surface area contributed by atoms with E-state index in [1.165, 1.54) is 7.11 Å². The van der Waals surface area contributed by atoms with Gasteiger partial charge in [0.05, 0.1) is 28.4 Å². The van der Waals surface area contributed by atoms with Crippen molar-refractivity contribution in [3.8, 4) is 23.0 Å². The average molecular weight is 413 g/mol. The number of rotatable bonds is 9. The summed E-state index contributed by atoms with van der Waals surface area (Å²) >= 11 is 0. The molecule has 0 saturated carbocycles. The van der Waals surface area contributed by atoms with Gasteiger partial charge in [-0.1, -0.05) is 11.3 Å².